The third-order valence-electron chi connectivity index (χ3n) is 7.96. The largest absolute Gasteiger partial charge is 0.472 e. The minimum absolute atomic E-state index is 0.00294. The van der Waals surface area contributed by atoms with Crippen LogP contribution in [0.1, 0.15) is 64.1 Å². The lowest BCUT2D eigenvalue weighted by molar-refractivity contribution is -0.144. The average Bonchev–Trinajstić information content (AvgIpc) is 3.51. The number of alkyl halides is 1. The van der Waals surface area contributed by atoms with Gasteiger partial charge in [0.05, 0.1) is 13.7 Å². The number of aliphatic hydroxyl groups is 1. The Hall–Kier alpha value is -1.71. The summed E-state index contributed by atoms with van der Waals surface area (Å²) in [6, 6.07) is 2.02. The minimum Gasteiger partial charge on any atom is -0.472 e. The number of aliphatic hydroxyl groups excluding tert-OH is 1. The average molecular weight is 468 g/mol. The number of halogens is 1. The molecule has 1 aromatic heterocycles. The van der Waals surface area contributed by atoms with Gasteiger partial charge in [0.25, 0.3) is 5.88 Å². The maximum atomic E-state index is 15.4. The molecule has 0 aromatic carbocycles. The van der Waals surface area contributed by atoms with Gasteiger partial charge in [0, 0.05) is 37.3 Å². The molecule has 3 aliphatic rings. The van der Waals surface area contributed by atoms with Crippen molar-refractivity contribution in [1.82, 2.24) is 15.0 Å². The molecule has 0 amide bonds. The summed E-state index contributed by atoms with van der Waals surface area (Å²) in [5, 5.41) is 13.8. The highest BCUT2D eigenvalue weighted by Crippen LogP contribution is 2.42. The molecule has 0 saturated carbocycles. The molecule has 3 saturated heterocycles. The van der Waals surface area contributed by atoms with E-state index in [0.717, 1.165) is 38.8 Å². The van der Waals surface area contributed by atoms with E-state index in [0.29, 0.717) is 37.7 Å². The Balaban J connectivity index is 1.26. The van der Waals surface area contributed by atoms with Crippen LogP contribution in [0.4, 0.5) is 4.39 Å². The van der Waals surface area contributed by atoms with Crippen LogP contribution in [-0.2, 0) is 9.53 Å². The molecule has 0 spiro atoms. The number of piperidine rings is 1. The van der Waals surface area contributed by atoms with Crippen LogP contribution in [0, 0.1) is 5.92 Å². The van der Waals surface area contributed by atoms with Gasteiger partial charge >= 0.3 is 5.97 Å². The number of carbonyl (C=O) groups is 1. The summed E-state index contributed by atoms with van der Waals surface area (Å²) < 4.78 is 31.2. The topological polar surface area (TPSA) is 88.3 Å². The molecule has 3 aliphatic heterocycles. The first kappa shape index (κ1) is 24.4. The van der Waals surface area contributed by atoms with Crippen LogP contribution < -0.4 is 4.74 Å². The standard InChI is InChI=1S/C24H38FN3O5/c1-17(2)21(22(30)31-3)19-13-20(26-33-19)32-16-23(25)8-11-27(12-9-23)14-18-5-7-24(15-29)6-4-10-28(18)24/h13,17-18,21,29H,4-12,14-16H2,1-3H3/t18-,21?,24-/m0/s1. The minimum atomic E-state index is -1.41. The molecule has 9 heteroatoms. The van der Waals surface area contributed by atoms with Crippen LogP contribution in [0.3, 0.4) is 0 Å². The zero-order valence-electron chi connectivity index (χ0n) is 20.1. The van der Waals surface area contributed by atoms with Gasteiger partial charge in [-0.3, -0.25) is 9.69 Å². The van der Waals surface area contributed by atoms with Crippen molar-refractivity contribution in [3.63, 3.8) is 0 Å². The fourth-order valence-corrected chi connectivity index (χ4v) is 5.94. The van der Waals surface area contributed by atoms with Gasteiger partial charge in [-0.25, -0.2) is 4.39 Å². The highest BCUT2D eigenvalue weighted by Gasteiger charge is 2.49. The van der Waals surface area contributed by atoms with Gasteiger partial charge in [-0.2, -0.15) is 0 Å². The van der Waals surface area contributed by atoms with Gasteiger partial charge in [-0.05, 0) is 56.1 Å². The van der Waals surface area contributed by atoms with E-state index in [2.05, 4.69) is 15.0 Å². The summed E-state index contributed by atoms with van der Waals surface area (Å²) in [6.07, 6.45) is 5.24. The molecule has 3 atom stereocenters. The molecule has 0 radical (unpaired) electrons. The number of ether oxygens (including phenoxy) is 2. The Morgan fingerprint density at radius 3 is 2.73 bits per heavy atom. The molecule has 0 aliphatic carbocycles. The van der Waals surface area contributed by atoms with E-state index in [9.17, 15) is 9.90 Å². The molecular formula is C24H38FN3O5. The van der Waals surface area contributed by atoms with E-state index >= 15 is 4.39 Å². The van der Waals surface area contributed by atoms with Crippen LogP contribution in [0.2, 0.25) is 0 Å². The van der Waals surface area contributed by atoms with Gasteiger partial charge in [0.2, 0.25) is 0 Å². The summed E-state index contributed by atoms with van der Waals surface area (Å²) in [5.41, 5.74) is -1.41. The third-order valence-corrected chi connectivity index (χ3v) is 7.96. The van der Waals surface area contributed by atoms with Crippen molar-refractivity contribution in [3.8, 4) is 5.88 Å². The fourth-order valence-electron chi connectivity index (χ4n) is 5.94. The maximum absolute atomic E-state index is 15.4. The first-order chi connectivity index (χ1) is 15.8. The molecule has 4 rings (SSSR count). The first-order valence-electron chi connectivity index (χ1n) is 12.3. The van der Waals surface area contributed by atoms with E-state index in [1.807, 2.05) is 13.8 Å². The molecule has 1 N–H and O–H groups in total. The second-order valence-corrected chi connectivity index (χ2v) is 10.4. The number of likely N-dealkylation sites (tertiary alicyclic amines) is 1. The van der Waals surface area contributed by atoms with Crippen molar-refractivity contribution < 1.29 is 28.3 Å². The van der Waals surface area contributed by atoms with Crippen molar-refractivity contribution in [3.05, 3.63) is 11.8 Å². The summed E-state index contributed by atoms with van der Waals surface area (Å²) in [6.45, 7) is 7.34. The zero-order chi connectivity index (χ0) is 23.6. The zero-order valence-corrected chi connectivity index (χ0v) is 20.1. The van der Waals surface area contributed by atoms with Gasteiger partial charge in [-0.1, -0.05) is 13.8 Å². The quantitative estimate of drug-likeness (QED) is 0.555. The number of fused-ring (bicyclic) bond motifs is 1. The summed E-state index contributed by atoms with van der Waals surface area (Å²) in [4.78, 5) is 16.9. The van der Waals surface area contributed by atoms with Crippen LogP contribution in [0.5, 0.6) is 5.88 Å². The number of hydrogen-bond donors (Lipinski definition) is 1. The molecular weight excluding hydrogens is 429 g/mol. The van der Waals surface area contributed by atoms with E-state index in [1.54, 1.807) is 6.07 Å². The SMILES string of the molecule is COC(=O)C(c1cc(OCC2(F)CCN(C[C@@H]3CC[C@]4(CO)CCCN34)CC2)no1)C(C)C. The van der Waals surface area contributed by atoms with Crippen molar-refractivity contribution in [2.24, 2.45) is 5.92 Å². The number of nitrogens with zero attached hydrogens (tertiary/aromatic N) is 3. The molecule has 0 bridgehead atoms. The second kappa shape index (κ2) is 9.88. The van der Waals surface area contributed by atoms with Crippen LogP contribution in [0.15, 0.2) is 10.6 Å². The van der Waals surface area contributed by atoms with Gasteiger partial charge in [-0.15, -0.1) is 0 Å². The van der Waals surface area contributed by atoms with Crippen molar-refractivity contribution >= 4 is 5.97 Å². The van der Waals surface area contributed by atoms with Crippen molar-refractivity contribution in [2.75, 3.05) is 46.5 Å². The van der Waals surface area contributed by atoms with E-state index in [4.69, 9.17) is 14.0 Å². The number of methoxy groups -OCH3 is 1. The molecule has 8 nitrogen and oxygen atoms in total. The van der Waals surface area contributed by atoms with Crippen molar-refractivity contribution in [2.45, 2.75) is 75.5 Å². The molecule has 4 heterocycles. The Bertz CT molecular complexity index is 810. The highest BCUT2D eigenvalue weighted by atomic mass is 19.1. The summed E-state index contributed by atoms with van der Waals surface area (Å²) >= 11 is 0. The summed E-state index contributed by atoms with van der Waals surface area (Å²) in [7, 11) is 1.34. The van der Waals surface area contributed by atoms with Gasteiger partial charge in [0.1, 0.15) is 18.2 Å². The molecule has 186 valence electrons. The molecule has 3 fully saturated rings. The summed E-state index contributed by atoms with van der Waals surface area (Å²) in [5.74, 6) is -0.433. The maximum Gasteiger partial charge on any atom is 0.316 e. The van der Waals surface area contributed by atoms with Gasteiger partial charge < -0.3 is 24.0 Å². The highest BCUT2D eigenvalue weighted by molar-refractivity contribution is 5.77. The predicted molar refractivity (Wildman–Crippen MR) is 120 cm³/mol. The molecule has 33 heavy (non-hydrogen) atoms. The Kier molecular flexibility index (Phi) is 7.31. The number of hydrogen-bond acceptors (Lipinski definition) is 8. The molecule has 1 unspecified atom stereocenters. The third kappa shape index (κ3) is 5.05. The lowest BCUT2D eigenvalue weighted by Crippen LogP contribution is -2.51. The second-order valence-electron chi connectivity index (χ2n) is 10.4. The van der Waals surface area contributed by atoms with E-state index in [-0.39, 0.29) is 30.6 Å². The lowest BCUT2D eigenvalue weighted by Gasteiger charge is -2.39. The number of aromatic nitrogens is 1. The first-order valence-corrected chi connectivity index (χ1v) is 12.3. The van der Waals surface area contributed by atoms with E-state index < -0.39 is 17.6 Å². The normalized spacial score (nSPS) is 28.7. The monoisotopic (exact) mass is 467 g/mol. The van der Waals surface area contributed by atoms with Crippen LogP contribution in [0.25, 0.3) is 0 Å². The van der Waals surface area contributed by atoms with Crippen LogP contribution >= 0.6 is 0 Å². The predicted octanol–water partition coefficient (Wildman–Crippen LogP) is 2.76. The van der Waals surface area contributed by atoms with Gasteiger partial charge in [0.15, 0.2) is 5.76 Å². The molecule has 1 aromatic rings. The van der Waals surface area contributed by atoms with Crippen molar-refractivity contribution in [1.29, 1.82) is 0 Å². The lowest BCUT2D eigenvalue weighted by atomic mass is 9.93. The van der Waals surface area contributed by atoms with Crippen LogP contribution in [-0.4, -0.2) is 89.8 Å². The Labute approximate surface area is 195 Å². The number of esters is 1. The Morgan fingerprint density at radius 2 is 2.06 bits per heavy atom. The fraction of sp³-hybridized carbons (Fsp3) is 0.833. The Morgan fingerprint density at radius 1 is 1.30 bits per heavy atom. The van der Waals surface area contributed by atoms with E-state index in [1.165, 1.54) is 7.11 Å². The number of carbonyl (C=O) groups excluding carboxylic acids is 1. The number of rotatable bonds is 9. The smallest absolute Gasteiger partial charge is 0.316 e.